The fourth-order valence-electron chi connectivity index (χ4n) is 1.27. The predicted octanol–water partition coefficient (Wildman–Crippen LogP) is 2.82. The SMILES string of the molecule is BrC1=CC=CC(=C2CCC2)N1. The third-order valence-electron chi connectivity index (χ3n) is 2.10. The van der Waals surface area contributed by atoms with Gasteiger partial charge in [-0.15, -0.1) is 0 Å². The van der Waals surface area contributed by atoms with Crippen LogP contribution in [-0.2, 0) is 0 Å². The smallest absolute Gasteiger partial charge is 0.0824 e. The second-order valence-corrected chi connectivity index (χ2v) is 3.72. The summed E-state index contributed by atoms with van der Waals surface area (Å²) in [5, 5.41) is 3.29. The first-order valence-corrected chi connectivity index (χ1v) is 4.68. The molecule has 1 N–H and O–H groups in total. The molecule has 0 aromatic rings. The molecule has 11 heavy (non-hydrogen) atoms. The van der Waals surface area contributed by atoms with Crippen molar-refractivity contribution < 1.29 is 0 Å². The van der Waals surface area contributed by atoms with Gasteiger partial charge in [0.2, 0.25) is 0 Å². The molecule has 2 rings (SSSR count). The van der Waals surface area contributed by atoms with Crippen molar-refractivity contribution in [3.8, 4) is 0 Å². The van der Waals surface area contributed by atoms with Gasteiger partial charge in [-0.3, -0.25) is 0 Å². The summed E-state index contributed by atoms with van der Waals surface area (Å²) < 4.78 is 1.06. The van der Waals surface area contributed by atoms with E-state index in [1.807, 2.05) is 6.08 Å². The van der Waals surface area contributed by atoms with Crippen molar-refractivity contribution >= 4 is 15.9 Å². The van der Waals surface area contributed by atoms with Gasteiger partial charge >= 0.3 is 0 Å². The lowest BCUT2D eigenvalue weighted by Gasteiger charge is -2.22. The molecule has 1 aliphatic carbocycles. The zero-order valence-electron chi connectivity index (χ0n) is 6.23. The number of hydrogen-bond acceptors (Lipinski definition) is 1. The maximum Gasteiger partial charge on any atom is 0.0824 e. The van der Waals surface area contributed by atoms with Crippen LogP contribution in [0.5, 0.6) is 0 Å². The molecule has 2 heteroatoms. The fourth-order valence-corrected chi connectivity index (χ4v) is 1.64. The Labute approximate surface area is 75.0 Å². The van der Waals surface area contributed by atoms with E-state index in [0.717, 1.165) is 4.61 Å². The first kappa shape index (κ1) is 7.17. The normalized spacial score (nSPS) is 22.5. The number of dihydropyridines is 1. The van der Waals surface area contributed by atoms with Gasteiger partial charge in [-0.05, 0) is 52.9 Å². The van der Waals surface area contributed by atoms with Crippen LogP contribution in [0.3, 0.4) is 0 Å². The largest absolute Gasteiger partial charge is 0.350 e. The second-order valence-electron chi connectivity index (χ2n) is 2.87. The number of rotatable bonds is 0. The van der Waals surface area contributed by atoms with E-state index in [0.29, 0.717) is 0 Å². The third-order valence-corrected chi connectivity index (χ3v) is 2.56. The minimum atomic E-state index is 1.06. The maximum atomic E-state index is 3.41. The molecule has 0 radical (unpaired) electrons. The molecule has 1 saturated carbocycles. The number of allylic oxidation sites excluding steroid dienone is 4. The van der Waals surface area contributed by atoms with Crippen LogP contribution >= 0.6 is 15.9 Å². The summed E-state index contributed by atoms with van der Waals surface area (Å²) in [5.74, 6) is 0. The number of halogens is 1. The van der Waals surface area contributed by atoms with E-state index in [1.165, 1.54) is 25.0 Å². The summed E-state index contributed by atoms with van der Waals surface area (Å²) in [6.07, 6.45) is 10.1. The highest BCUT2D eigenvalue weighted by atomic mass is 79.9. The highest BCUT2D eigenvalue weighted by Crippen LogP contribution is 2.29. The van der Waals surface area contributed by atoms with Crippen molar-refractivity contribution in [1.29, 1.82) is 0 Å². The molecule has 1 nitrogen and oxygen atoms in total. The average Bonchev–Trinajstić information content (AvgIpc) is 1.83. The molecule has 1 aliphatic heterocycles. The van der Waals surface area contributed by atoms with Crippen LogP contribution in [0.25, 0.3) is 0 Å². The Kier molecular flexibility index (Phi) is 1.86. The topological polar surface area (TPSA) is 12.0 Å². The molecule has 0 unspecified atom stereocenters. The standard InChI is InChI=1S/C9H10BrN/c10-9-6-2-5-8(11-9)7-3-1-4-7/h2,5-6,11H,1,3-4H2. The van der Waals surface area contributed by atoms with Crippen LogP contribution < -0.4 is 5.32 Å². The van der Waals surface area contributed by atoms with Gasteiger partial charge in [0.15, 0.2) is 0 Å². The minimum Gasteiger partial charge on any atom is -0.350 e. The summed E-state index contributed by atoms with van der Waals surface area (Å²) in [5.41, 5.74) is 2.86. The van der Waals surface area contributed by atoms with Crippen molar-refractivity contribution in [3.63, 3.8) is 0 Å². The van der Waals surface area contributed by atoms with E-state index in [2.05, 4.69) is 33.4 Å². The molecule has 2 aliphatic rings. The molecule has 0 saturated heterocycles. The Morgan fingerprint density at radius 3 is 2.73 bits per heavy atom. The summed E-state index contributed by atoms with van der Waals surface area (Å²) in [7, 11) is 0. The molecule has 1 heterocycles. The number of hydrogen-bond donors (Lipinski definition) is 1. The zero-order valence-corrected chi connectivity index (χ0v) is 7.82. The Morgan fingerprint density at radius 1 is 1.36 bits per heavy atom. The predicted molar refractivity (Wildman–Crippen MR) is 50.2 cm³/mol. The molecule has 58 valence electrons. The lowest BCUT2D eigenvalue weighted by Crippen LogP contribution is -2.15. The van der Waals surface area contributed by atoms with Crippen molar-refractivity contribution in [1.82, 2.24) is 5.32 Å². The van der Waals surface area contributed by atoms with E-state index in [-0.39, 0.29) is 0 Å². The van der Waals surface area contributed by atoms with Gasteiger partial charge < -0.3 is 5.32 Å². The van der Waals surface area contributed by atoms with Gasteiger partial charge in [0.05, 0.1) is 4.61 Å². The fraction of sp³-hybridized carbons (Fsp3) is 0.333. The monoisotopic (exact) mass is 211 g/mol. The first-order chi connectivity index (χ1) is 5.36. The lowest BCUT2D eigenvalue weighted by atomic mass is 9.90. The van der Waals surface area contributed by atoms with Gasteiger partial charge in [-0.1, -0.05) is 6.08 Å². The van der Waals surface area contributed by atoms with Gasteiger partial charge in [-0.2, -0.15) is 0 Å². The quantitative estimate of drug-likeness (QED) is 0.609. The van der Waals surface area contributed by atoms with Gasteiger partial charge in [0.1, 0.15) is 0 Å². The molecule has 1 fully saturated rings. The van der Waals surface area contributed by atoms with Crippen LogP contribution in [-0.4, -0.2) is 0 Å². The molecule has 0 atom stereocenters. The molecular formula is C9H10BrN. The van der Waals surface area contributed by atoms with Gasteiger partial charge in [-0.25, -0.2) is 0 Å². The molecule has 0 aromatic heterocycles. The van der Waals surface area contributed by atoms with E-state index < -0.39 is 0 Å². The Balaban J connectivity index is 2.19. The van der Waals surface area contributed by atoms with Crippen LogP contribution in [0.4, 0.5) is 0 Å². The minimum absolute atomic E-state index is 1.06. The van der Waals surface area contributed by atoms with Crippen molar-refractivity contribution in [2.75, 3.05) is 0 Å². The zero-order chi connectivity index (χ0) is 7.68. The molecule has 0 amide bonds. The summed E-state index contributed by atoms with van der Waals surface area (Å²) in [6, 6.07) is 0. The summed E-state index contributed by atoms with van der Waals surface area (Å²) in [6.45, 7) is 0. The Bertz CT molecular complexity index is 255. The highest BCUT2D eigenvalue weighted by Gasteiger charge is 2.13. The van der Waals surface area contributed by atoms with E-state index in [1.54, 1.807) is 5.57 Å². The van der Waals surface area contributed by atoms with Crippen LogP contribution in [0.15, 0.2) is 34.1 Å². The second kappa shape index (κ2) is 2.86. The van der Waals surface area contributed by atoms with Crippen molar-refractivity contribution in [2.45, 2.75) is 19.3 Å². The average molecular weight is 212 g/mol. The van der Waals surface area contributed by atoms with Crippen molar-refractivity contribution in [3.05, 3.63) is 34.1 Å². The third kappa shape index (κ3) is 1.41. The lowest BCUT2D eigenvalue weighted by molar-refractivity contribution is 0.645. The Morgan fingerprint density at radius 2 is 2.18 bits per heavy atom. The molecule has 0 aromatic carbocycles. The summed E-state index contributed by atoms with van der Waals surface area (Å²) >= 11 is 3.41. The maximum absolute atomic E-state index is 3.41. The van der Waals surface area contributed by atoms with Crippen LogP contribution in [0.1, 0.15) is 19.3 Å². The molecular weight excluding hydrogens is 202 g/mol. The van der Waals surface area contributed by atoms with Crippen molar-refractivity contribution in [2.24, 2.45) is 0 Å². The van der Waals surface area contributed by atoms with Gasteiger partial charge in [0, 0.05) is 5.70 Å². The van der Waals surface area contributed by atoms with Crippen LogP contribution in [0, 0.1) is 0 Å². The van der Waals surface area contributed by atoms with Crippen LogP contribution in [0.2, 0.25) is 0 Å². The van der Waals surface area contributed by atoms with E-state index >= 15 is 0 Å². The molecule has 0 bridgehead atoms. The summed E-state index contributed by atoms with van der Waals surface area (Å²) in [4.78, 5) is 0. The molecule has 0 spiro atoms. The number of nitrogens with one attached hydrogen (secondary N) is 1. The van der Waals surface area contributed by atoms with E-state index in [9.17, 15) is 0 Å². The Hall–Kier alpha value is -0.500. The highest BCUT2D eigenvalue weighted by molar-refractivity contribution is 9.11. The van der Waals surface area contributed by atoms with E-state index in [4.69, 9.17) is 0 Å². The van der Waals surface area contributed by atoms with Gasteiger partial charge in [0.25, 0.3) is 0 Å². The first-order valence-electron chi connectivity index (χ1n) is 3.89.